The number of aromatic nitrogens is 2. The van der Waals surface area contributed by atoms with Crippen molar-refractivity contribution in [3.63, 3.8) is 0 Å². The van der Waals surface area contributed by atoms with Crippen LogP contribution in [0, 0.1) is 5.92 Å². The van der Waals surface area contributed by atoms with E-state index >= 15 is 0 Å². The van der Waals surface area contributed by atoms with Crippen LogP contribution in [0.4, 0.5) is 0 Å². The molecular formula is C17H27N3O2. The number of hydrogen-bond acceptors (Lipinski definition) is 4. The molecule has 5 heteroatoms. The van der Waals surface area contributed by atoms with Gasteiger partial charge < -0.3 is 9.47 Å². The van der Waals surface area contributed by atoms with E-state index in [2.05, 4.69) is 16.2 Å². The number of likely N-dealkylation sites (tertiary alicyclic amines) is 1. The van der Waals surface area contributed by atoms with Crippen LogP contribution in [0.2, 0.25) is 0 Å². The van der Waals surface area contributed by atoms with E-state index in [0.29, 0.717) is 6.10 Å². The molecule has 2 atom stereocenters. The number of nitrogens with zero attached hydrogens (tertiary/aromatic N) is 3. The summed E-state index contributed by atoms with van der Waals surface area (Å²) in [6.07, 6.45) is 10.6. The van der Waals surface area contributed by atoms with Crippen molar-refractivity contribution in [3.8, 4) is 0 Å². The second kappa shape index (κ2) is 5.95. The normalized spacial score (nSPS) is 32.9. The van der Waals surface area contributed by atoms with E-state index in [0.717, 1.165) is 45.2 Å². The highest BCUT2D eigenvalue weighted by Gasteiger charge is 2.44. The third-order valence-electron chi connectivity index (χ3n) is 5.22. The van der Waals surface area contributed by atoms with Crippen LogP contribution in [0.1, 0.15) is 37.7 Å². The largest absolute Gasteiger partial charge is 0.375 e. The summed E-state index contributed by atoms with van der Waals surface area (Å²) >= 11 is 0. The molecule has 3 aliphatic rings. The second-order valence-electron chi connectivity index (χ2n) is 7.43. The van der Waals surface area contributed by atoms with Gasteiger partial charge in [-0.25, -0.2) is 0 Å². The summed E-state index contributed by atoms with van der Waals surface area (Å²) in [6, 6.07) is 0. The van der Waals surface area contributed by atoms with Crippen molar-refractivity contribution < 1.29 is 9.47 Å². The Morgan fingerprint density at radius 2 is 2.36 bits per heavy atom. The molecule has 0 radical (unpaired) electrons. The summed E-state index contributed by atoms with van der Waals surface area (Å²) in [6.45, 7) is 4.91. The van der Waals surface area contributed by atoms with Gasteiger partial charge in [-0.2, -0.15) is 5.10 Å². The minimum atomic E-state index is 0.0364. The minimum Gasteiger partial charge on any atom is -0.375 e. The van der Waals surface area contributed by atoms with Crippen molar-refractivity contribution in [1.82, 2.24) is 14.7 Å². The topological polar surface area (TPSA) is 39.5 Å². The predicted octanol–water partition coefficient (Wildman–Crippen LogP) is 1.97. The fraction of sp³-hybridized carbons (Fsp3) is 0.824. The van der Waals surface area contributed by atoms with Crippen LogP contribution in [-0.2, 0) is 23.1 Å². The van der Waals surface area contributed by atoms with E-state index in [9.17, 15) is 0 Å². The maximum absolute atomic E-state index is 6.23. The van der Waals surface area contributed by atoms with Gasteiger partial charge in [0.05, 0.1) is 24.5 Å². The molecular weight excluding hydrogens is 278 g/mol. The molecule has 2 aliphatic heterocycles. The Morgan fingerprint density at radius 3 is 3.14 bits per heavy atom. The van der Waals surface area contributed by atoms with Crippen LogP contribution in [0.3, 0.4) is 0 Å². The Morgan fingerprint density at radius 1 is 1.45 bits per heavy atom. The summed E-state index contributed by atoms with van der Waals surface area (Å²) in [5, 5.41) is 4.27. The third-order valence-corrected chi connectivity index (χ3v) is 5.22. The standard InChI is InChI=1S/C17H27N3O2/c1-19-9-15(8-18-19)10-20-6-2-5-17(13-20)7-16(12-22-17)21-11-14-3-4-14/h8-9,14,16H,2-7,10-13H2,1H3/t16-,17+/m1/s1. The molecule has 1 saturated carbocycles. The molecule has 3 fully saturated rings. The van der Waals surface area contributed by atoms with Crippen LogP contribution in [0.5, 0.6) is 0 Å². The lowest BCUT2D eigenvalue weighted by atomic mass is 9.89. The zero-order valence-corrected chi connectivity index (χ0v) is 13.5. The van der Waals surface area contributed by atoms with E-state index in [1.165, 1.54) is 31.2 Å². The van der Waals surface area contributed by atoms with Crippen molar-refractivity contribution in [1.29, 1.82) is 0 Å². The molecule has 1 aromatic rings. The highest BCUT2D eigenvalue weighted by atomic mass is 16.6. The molecule has 3 heterocycles. The summed E-state index contributed by atoms with van der Waals surface area (Å²) in [4.78, 5) is 2.52. The van der Waals surface area contributed by atoms with E-state index < -0.39 is 0 Å². The molecule has 0 N–H and O–H groups in total. The van der Waals surface area contributed by atoms with Gasteiger partial charge in [0.2, 0.25) is 0 Å². The molecule has 122 valence electrons. The first-order valence-electron chi connectivity index (χ1n) is 8.66. The zero-order chi connectivity index (χ0) is 15.0. The highest BCUT2D eigenvalue weighted by Crippen LogP contribution is 2.37. The first-order valence-corrected chi connectivity index (χ1v) is 8.66. The lowest BCUT2D eigenvalue weighted by molar-refractivity contribution is -0.0547. The summed E-state index contributed by atoms with van der Waals surface area (Å²) in [5.41, 5.74) is 1.33. The quantitative estimate of drug-likeness (QED) is 0.834. The van der Waals surface area contributed by atoms with Crippen LogP contribution >= 0.6 is 0 Å². The van der Waals surface area contributed by atoms with E-state index in [1.807, 2.05) is 17.9 Å². The molecule has 5 nitrogen and oxygen atoms in total. The maximum atomic E-state index is 6.23. The Kier molecular flexibility index (Phi) is 3.96. The van der Waals surface area contributed by atoms with Gasteiger partial charge in [0.1, 0.15) is 0 Å². The van der Waals surface area contributed by atoms with Crippen LogP contribution < -0.4 is 0 Å². The van der Waals surface area contributed by atoms with Crippen molar-refractivity contribution in [2.75, 3.05) is 26.3 Å². The fourth-order valence-corrected chi connectivity index (χ4v) is 3.89. The summed E-state index contributed by atoms with van der Waals surface area (Å²) in [7, 11) is 1.98. The van der Waals surface area contributed by atoms with Gasteiger partial charge in [-0.15, -0.1) is 0 Å². The molecule has 22 heavy (non-hydrogen) atoms. The first kappa shape index (κ1) is 14.7. The predicted molar refractivity (Wildman–Crippen MR) is 83.5 cm³/mol. The molecule has 1 spiro atoms. The van der Waals surface area contributed by atoms with Crippen LogP contribution in [-0.4, -0.2) is 52.7 Å². The second-order valence-corrected chi connectivity index (χ2v) is 7.43. The van der Waals surface area contributed by atoms with Gasteiger partial charge in [0, 0.05) is 44.9 Å². The average molecular weight is 305 g/mol. The molecule has 0 unspecified atom stereocenters. The summed E-state index contributed by atoms with van der Waals surface area (Å²) in [5.74, 6) is 0.838. The lowest BCUT2D eigenvalue weighted by Gasteiger charge is -2.39. The summed E-state index contributed by atoms with van der Waals surface area (Å²) < 4.78 is 14.2. The van der Waals surface area contributed by atoms with Crippen molar-refractivity contribution >= 4 is 0 Å². The Hall–Kier alpha value is -0.910. The number of aryl methyl sites for hydroxylation is 1. The Bertz CT molecular complexity index is 514. The van der Waals surface area contributed by atoms with Crippen molar-refractivity contribution in [2.45, 2.75) is 50.4 Å². The van der Waals surface area contributed by atoms with E-state index in [4.69, 9.17) is 9.47 Å². The Balaban J connectivity index is 1.32. The van der Waals surface area contributed by atoms with Gasteiger partial charge in [-0.1, -0.05) is 0 Å². The highest BCUT2D eigenvalue weighted by molar-refractivity contribution is 5.05. The van der Waals surface area contributed by atoms with Gasteiger partial charge >= 0.3 is 0 Å². The number of piperidine rings is 1. The molecule has 1 aliphatic carbocycles. The molecule has 0 aromatic carbocycles. The fourth-order valence-electron chi connectivity index (χ4n) is 3.89. The minimum absolute atomic E-state index is 0.0364. The van der Waals surface area contributed by atoms with Crippen LogP contribution in [0.15, 0.2) is 12.4 Å². The van der Waals surface area contributed by atoms with Gasteiger partial charge in [0.25, 0.3) is 0 Å². The van der Waals surface area contributed by atoms with E-state index in [1.54, 1.807) is 0 Å². The monoisotopic (exact) mass is 305 g/mol. The molecule has 4 rings (SSSR count). The molecule has 1 aromatic heterocycles. The van der Waals surface area contributed by atoms with Crippen molar-refractivity contribution in [2.24, 2.45) is 13.0 Å². The lowest BCUT2D eigenvalue weighted by Crippen LogP contribution is -2.47. The Labute approximate surface area is 132 Å². The molecule has 0 bridgehead atoms. The number of hydrogen-bond donors (Lipinski definition) is 0. The van der Waals surface area contributed by atoms with Gasteiger partial charge in [-0.3, -0.25) is 9.58 Å². The van der Waals surface area contributed by atoms with Gasteiger partial charge in [-0.05, 0) is 38.1 Å². The zero-order valence-electron chi connectivity index (χ0n) is 13.5. The third kappa shape index (κ3) is 3.36. The molecule has 2 saturated heterocycles. The first-order chi connectivity index (χ1) is 10.7. The SMILES string of the molecule is Cn1cc(CN2CCC[C@]3(C[C@@H](OCC4CC4)CO3)C2)cn1. The smallest absolute Gasteiger partial charge is 0.0836 e. The van der Waals surface area contributed by atoms with E-state index in [-0.39, 0.29) is 5.60 Å². The molecule has 0 amide bonds. The average Bonchev–Trinajstić information content (AvgIpc) is 3.14. The number of ether oxygens (including phenoxy) is 2. The van der Waals surface area contributed by atoms with Crippen LogP contribution in [0.25, 0.3) is 0 Å². The van der Waals surface area contributed by atoms with Gasteiger partial charge in [0.15, 0.2) is 0 Å². The maximum Gasteiger partial charge on any atom is 0.0836 e. The number of rotatable bonds is 5. The van der Waals surface area contributed by atoms with Crippen molar-refractivity contribution in [3.05, 3.63) is 18.0 Å².